The molecule has 5 rings (SSSR count). The zero-order chi connectivity index (χ0) is 25.1. The van der Waals surface area contributed by atoms with E-state index in [9.17, 15) is 19.8 Å². The van der Waals surface area contributed by atoms with Crippen molar-refractivity contribution in [3.05, 3.63) is 11.6 Å². The molecule has 190 valence electrons. The van der Waals surface area contributed by atoms with Crippen LogP contribution >= 0.6 is 0 Å². The van der Waals surface area contributed by atoms with Crippen molar-refractivity contribution in [3.8, 4) is 0 Å². The third-order valence-corrected chi connectivity index (χ3v) is 12.9. The number of carbonyl (C=O) groups excluding carboxylic acids is 1. The topological polar surface area (TPSA) is 74.6 Å². The van der Waals surface area contributed by atoms with Crippen molar-refractivity contribution < 1.29 is 19.8 Å². The van der Waals surface area contributed by atoms with Gasteiger partial charge in [-0.3, -0.25) is 9.59 Å². The molecule has 4 nitrogen and oxygen atoms in total. The Morgan fingerprint density at radius 2 is 1.59 bits per heavy atom. The molecule has 0 radical (unpaired) electrons. The molecule has 0 aromatic rings. The van der Waals surface area contributed by atoms with Crippen LogP contribution in [0, 0.1) is 50.2 Å². The first-order valence-corrected chi connectivity index (χ1v) is 13.7. The second-order valence-electron chi connectivity index (χ2n) is 14.9. The van der Waals surface area contributed by atoms with Crippen LogP contribution in [0.15, 0.2) is 11.6 Å². The van der Waals surface area contributed by atoms with E-state index >= 15 is 0 Å². The van der Waals surface area contributed by atoms with E-state index in [4.69, 9.17) is 0 Å². The minimum Gasteiger partial charge on any atom is -0.481 e. The first-order chi connectivity index (χ1) is 15.6. The predicted octanol–water partition coefficient (Wildman–Crippen LogP) is 6.41. The van der Waals surface area contributed by atoms with E-state index < -0.39 is 22.9 Å². The maximum Gasteiger partial charge on any atom is 0.310 e. The number of carbonyl (C=O) groups is 2. The standard InChI is InChI=1S/C30H46O4/c1-25(2)12-14-30(24(33)34)15-13-27(5)18(19(30)17-25)8-9-21-28(27,6)11-10-20-26(3,4)22(31)16-23(32)29(20,21)7/h8,19-22,31H,9-17H2,1-7H3,(H,33,34)/t19-,20-,21-,22-,27+,28+,29-,30-/m0/s1. The van der Waals surface area contributed by atoms with Gasteiger partial charge in [0.05, 0.1) is 11.5 Å². The molecule has 0 saturated heterocycles. The number of aliphatic hydroxyl groups is 1. The highest BCUT2D eigenvalue weighted by Gasteiger charge is 2.71. The number of carboxylic acids is 1. The lowest BCUT2D eigenvalue weighted by Gasteiger charge is -2.70. The van der Waals surface area contributed by atoms with E-state index in [2.05, 4.69) is 54.5 Å². The Balaban J connectivity index is 1.63. The van der Waals surface area contributed by atoms with Crippen LogP contribution in [-0.2, 0) is 9.59 Å². The SMILES string of the molecule is CC1(C)CC[C@]2(C(=O)O)CC[C@]3(C)C(=CC[C@@H]4[C@@]5(C)C(=O)C[C@H](O)C(C)(C)[C@@H]5CC[C@]43C)[C@@H]2C1. The fraction of sp³-hybridized carbons (Fsp3) is 0.867. The van der Waals surface area contributed by atoms with Crippen LogP contribution in [-0.4, -0.2) is 28.1 Å². The third-order valence-electron chi connectivity index (χ3n) is 12.9. The molecule has 0 aromatic carbocycles. The Morgan fingerprint density at radius 1 is 0.941 bits per heavy atom. The molecular weight excluding hydrogens is 424 g/mol. The number of fused-ring (bicyclic) bond motifs is 7. The Labute approximate surface area is 206 Å². The summed E-state index contributed by atoms with van der Waals surface area (Å²) in [5.74, 6) is 0.160. The van der Waals surface area contributed by atoms with Crippen LogP contribution < -0.4 is 0 Å². The molecule has 34 heavy (non-hydrogen) atoms. The van der Waals surface area contributed by atoms with Crippen LogP contribution in [0.5, 0.6) is 0 Å². The van der Waals surface area contributed by atoms with Crippen LogP contribution in [0.2, 0.25) is 0 Å². The van der Waals surface area contributed by atoms with Gasteiger partial charge in [-0.15, -0.1) is 0 Å². The second-order valence-corrected chi connectivity index (χ2v) is 14.9. The van der Waals surface area contributed by atoms with Crippen LogP contribution in [0.4, 0.5) is 0 Å². The molecule has 5 aliphatic carbocycles. The fourth-order valence-electron chi connectivity index (χ4n) is 10.3. The Bertz CT molecular complexity index is 961. The highest BCUT2D eigenvalue weighted by Crippen LogP contribution is 2.75. The van der Waals surface area contributed by atoms with Gasteiger partial charge in [0.1, 0.15) is 5.78 Å². The van der Waals surface area contributed by atoms with Gasteiger partial charge in [-0.05, 0) is 90.8 Å². The van der Waals surface area contributed by atoms with E-state index in [0.29, 0.717) is 0 Å². The summed E-state index contributed by atoms with van der Waals surface area (Å²) in [7, 11) is 0. The molecule has 8 atom stereocenters. The van der Waals surface area contributed by atoms with Crippen molar-refractivity contribution in [3.63, 3.8) is 0 Å². The van der Waals surface area contributed by atoms with Gasteiger partial charge in [0.25, 0.3) is 0 Å². The molecule has 5 aliphatic rings. The van der Waals surface area contributed by atoms with Gasteiger partial charge in [-0.1, -0.05) is 60.1 Å². The number of hydrogen-bond acceptors (Lipinski definition) is 3. The summed E-state index contributed by atoms with van der Waals surface area (Å²) in [5.41, 5.74) is 0.101. The molecule has 0 aliphatic heterocycles. The van der Waals surface area contributed by atoms with Crippen molar-refractivity contribution >= 4 is 11.8 Å². The smallest absolute Gasteiger partial charge is 0.310 e. The van der Waals surface area contributed by atoms with Crippen LogP contribution in [0.25, 0.3) is 0 Å². The Morgan fingerprint density at radius 3 is 2.24 bits per heavy atom. The summed E-state index contributed by atoms with van der Waals surface area (Å²) in [6.07, 6.45) is 9.32. The summed E-state index contributed by atoms with van der Waals surface area (Å²) >= 11 is 0. The molecule has 4 saturated carbocycles. The highest BCUT2D eigenvalue weighted by molar-refractivity contribution is 5.87. The third kappa shape index (κ3) is 2.75. The van der Waals surface area contributed by atoms with Gasteiger partial charge in [-0.2, -0.15) is 0 Å². The van der Waals surface area contributed by atoms with Crippen molar-refractivity contribution in [1.29, 1.82) is 0 Å². The first-order valence-electron chi connectivity index (χ1n) is 13.7. The quantitative estimate of drug-likeness (QED) is 0.434. The van der Waals surface area contributed by atoms with E-state index in [1.165, 1.54) is 5.57 Å². The van der Waals surface area contributed by atoms with Crippen molar-refractivity contribution in [2.75, 3.05) is 0 Å². The monoisotopic (exact) mass is 470 g/mol. The molecular formula is C30H46O4. The highest BCUT2D eigenvalue weighted by atomic mass is 16.4. The molecule has 2 N–H and O–H groups in total. The Kier molecular flexibility index (Phi) is 5.04. The average Bonchev–Trinajstić information content (AvgIpc) is 2.72. The van der Waals surface area contributed by atoms with Gasteiger partial charge >= 0.3 is 5.97 Å². The minimum absolute atomic E-state index is 0.0391. The van der Waals surface area contributed by atoms with Crippen molar-refractivity contribution in [2.45, 2.75) is 112 Å². The zero-order valence-electron chi connectivity index (χ0n) is 22.5. The van der Waals surface area contributed by atoms with Gasteiger partial charge in [0, 0.05) is 11.8 Å². The molecule has 0 unspecified atom stereocenters. The number of aliphatic hydroxyl groups excluding tert-OH is 1. The maximum absolute atomic E-state index is 13.7. The zero-order valence-corrected chi connectivity index (χ0v) is 22.5. The summed E-state index contributed by atoms with van der Waals surface area (Å²) < 4.78 is 0. The summed E-state index contributed by atoms with van der Waals surface area (Å²) in [5, 5.41) is 21.3. The fourth-order valence-corrected chi connectivity index (χ4v) is 10.3. The number of aliphatic carboxylic acids is 1. The number of carboxylic acid groups (broad SMARTS) is 1. The second kappa shape index (κ2) is 6.99. The van der Waals surface area contributed by atoms with Crippen LogP contribution in [0.3, 0.4) is 0 Å². The van der Waals surface area contributed by atoms with Gasteiger partial charge in [0.2, 0.25) is 0 Å². The maximum atomic E-state index is 13.7. The average molecular weight is 471 g/mol. The largest absolute Gasteiger partial charge is 0.481 e. The first kappa shape index (κ1) is 24.5. The van der Waals surface area contributed by atoms with Gasteiger partial charge < -0.3 is 10.2 Å². The summed E-state index contributed by atoms with van der Waals surface area (Å²) in [6, 6.07) is 0. The normalized spacial score (nSPS) is 51.3. The number of Topliss-reactive ketones (excluding diaryl/α,β-unsaturated/α-hetero) is 1. The summed E-state index contributed by atoms with van der Waals surface area (Å²) in [4.78, 5) is 26.5. The van der Waals surface area contributed by atoms with Crippen molar-refractivity contribution in [2.24, 2.45) is 50.2 Å². The number of ketones is 1. The lowest BCUT2D eigenvalue weighted by Crippen LogP contribution is -2.67. The molecule has 0 spiro atoms. The molecule has 0 aromatic heterocycles. The van der Waals surface area contributed by atoms with Gasteiger partial charge in [-0.25, -0.2) is 0 Å². The van der Waals surface area contributed by atoms with E-state index in [1.54, 1.807) is 0 Å². The van der Waals surface area contributed by atoms with Gasteiger partial charge in [0.15, 0.2) is 0 Å². The molecule has 0 amide bonds. The number of allylic oxidation sites excluding steroid dienone is 2. The van der Waals surface area contributed by atoms with E-state index in [-0.39, 0.29) is 51.6 Å². The van der Waals surface area contributed by atoms with Crippen molar-refractivity contribution in [1.82, 2.24) is 0 Å². The number of rotatable bonds is 1. The minimum atomic E-state index is -0.627. The molecule has 0 bridgehead atoms. The molecule has 0 heterocycles. The molecule has 4 fully saturated rings. The van der Waals surface area contributed by atoms with Crippen LogP contribution in [0.1, 0.15) is 106 Å². The number of hydrogen-bond donors (Lipinski definition) is 2. The summed E-state index contributed by atoms with van der Waals surface area (Å²) in [6.45, 7) is 16.0. The lowest BCUT2D eigenvalue weighted by molar-refractivity contribution is -0.203. The Hall–Kier alpha value is -1.16. The molecule has 4 heteroatoms. The lowest BCUT2D eigenvalue weighted by atomic mass is 9.33. The van der Waals surface area contributed by atoms with E-state index in [0.717, 1.165) is 51.4 Å². The predicted molar refractivity (Wildman–Crippen MR) is 133 cm³/mol. The van der Waals surface area contributed by atoms with E-state index in [1.807, 2.05) is 0 Å².